The molecular weight excluding hydrogens is 725 g/mol. The van der Waals surface area contributed by atoms with E-state index < -0.39 is 0 Å². The topological polar surface area (TPSA) is 9.86 Å². The number of rotatable bonds is 4. The Kier molecular flexibility index (Phi) is 7.05. The second kappa shape index (κ2) is 12.8. The first-order chi connectivity index (χ1) is 29.8. The maximum atomic E-state index is 2.44. The van der Waals surface area contributed by atoms with Crippen LogP contribution in [0, 0.1) is 0 Å². The number of para-hydroxylation sites is 3. The molecule has 0 fully saturated rings. The predicted molar refractivity (Wildman–Crippen MR) is 256 cm³/mol. The summed E-state index contributed by atoms with van der Waals surface area (Å²) < 4.78 is 4.84. The standard InChI is InChI=1S/C58H36N2/c1-2-14-40(15-3-1)59-54-24-12-10-20-46(54)48-32-28-38(34-56(48)59)39-29-33-49-47-21-11-13-25-55(47)60(57(49)35-39)41-30-26-37(27-31-41)52-36-53-44-18-5-4-16-42(44)43-17-6-8-22-50(43)58(53)51-23-9-7-19-45(51)52/h1-36H. The molecule has 0 aliphatic carbocycles. The second-order valence-corrected chi connectivity index (χ2v) is 16.0. The first-order valence-electron chi connectivity index (χ1n) is 20.8. The van der Waals surface area contributed by atoms with E-state index in [1.165, 1.54) is 115 Å². The quantitative estimate of drug-likeness (QED) is 0.158. The summed E-state index contributed by atoms with van der Waals surface area (Å²) in [7, 11) is 0. The fourth-order valence-electron chi connectivity index (χ4n) is 10.2. The number of hydrogen-bond acceptors (Lipinski definition) is 0. The summed E-state index contributed by atoms with van der Waals surface area (Å²) in [4.78, 5) is 0. The van der Waals surface area contributed by atoms with Gasteiger partial charge in [0.1, 0.15) is 0 Å². The molecule has 0 aliphatic heterocycles. The highest BCUT2D eigenvalue weighted by molar-refractivity contribution is 6.33. The summed E-state index contributed by atoms with van der Waals surface area (Å²) in [6.07, 6.45) is 0. The van der Waals surface area contributed by atoms with Gasteiger partial charge in [-0.3, -0.25) is 0 Å². The van der Waals surface area contributed by atoms with E-state index in [2.05, 4.69) is 228 Å². The first kappa shape index (κ1) is 33.1. The average molecular weight is 761 g/mol. The summed E-state index contributed by atoms with van der Waals surface area (Å²) in [5, 5.41) is 15.4. The summed E-state index contributed by atoms with van der Waals surface area (Å²) in [5.41, 5.74) is 12.0. The minimum absolute atomic E-state index is 1.14. The molecule has 0 saturated heterocycles. The van der Waals surface area contributed by atoms with Crippen molar-refractivity contribution in [2.75, 3.05) is 0 Å². The predicted octanol–water partition coefficient (Wildman–Crippen LogP) is 15.8. The third kappa shape index (κ3) is 4.76. The van der Waals surface area contributed by atoms with Crippen molar-refractivity contribution in [1.29, 1.82) is 0 Å². The van der Waals surface area contributed by atoms with Gasteiger partial charge in [0.15, 0.2) is 0 Å². The maximum Gasteiger partial charge on any atom is 0.0547 e. The summed E-state index contributed by atoms with van der Waals surface area (Å²) >= 11 is 0. The van der Waals surface area contributed by atoms with Crippen LogP contribution in [0.5, 0.6) is 0 Å². The zero-order chi connectivity index (χ0) is 39.3. The van der Waals surface area contributed by atoms with Gasteiger partial charge in [-0.15, -0.1) is 0 Å². The van der Waals surface area contributed by atoms with E-state index in [0.29, 0.717) is 0 Å². The lowest BCUT2D eigenvalue weighted by molar-refractivity contribution is 1.18. The molecule has 0 amide bonds. The molecule has 0 unspecified atom stereocenters. The van der Waals surface area contributed by atoms with Crippen LogP contribution in [0.2, 0.25) is 0 Å². The Morgan fingerprint density at radius 1 is 0.217 bits per heavy atom. The van der Waals surface area contributed by atoms with Crippen molar-refractivity contribution >= 4 is 86.7 Å². The van der Waals surface area contributed by atoms with Gasteiger partial charge >= 0.3 is 0 Å². The van der Waals surface area contributed by atoms with Crippen LogP contribution in [-0.2, 0) is 0 Å². The Hall–Kier alpha value is -7.94. The lowest BCUT2D eigenvalue weighted by Gasteiger charge is -2.16. The Morgan fingerprint density at radius 2 is 0.600 bits per heavy atom. The fourth-order valence-corrected chi connectivity index (χ4v) is 10.2. The van der Waals surface area contributed by atoms with Crippen LogP contribution in [0.4, 0.5) is 0 Å². The fraction of sp³-hybridized carbons (Fsp3) is 0. The zero-order valence-electron chi connectivity index (χ0n) is 32.7. The largest absolute Gasteiger partial charge is 0.309 e. The smallest absolute Gasteiger partial charge is 0.0547 e. The highest BCUT2D eigenvalue weighted by Gasteiger charge is 2.18. The van der Waals surface area contributed by atoms with Gasteiger partial charge < -0.3 is 9.13 Å². The molecule has 0 bridgehead atoms. The van der Waals surface area contributed by atoms with Crippen LogP contribution in [-0.4, -0.2) is 9.13 Å². The number of benzene rings is 11. The Bertz CT molecular complexity index is 3870. The molecule has 60 heavy (non-hydrogen) atoms. The zero-order valence-corrected chi connectivity index (χ0v) is 32.7. The van der Waals surface area contributed by atoms with Gasteiger partial charge in [0.2, 0.25) is 0 Å². The maximum absolute atomic E-state index is 2.44. The molecule has 13 aromatic rings. The minimum atomic E-state index is 1.14. The molecule has 0 radical (unpaired) electrons. The molecule has 0 spiro atoms. The summed E-state index contributed by atoms with van der Waals surface area (Å²) in [6, 6.07) is 80.5. The second-order valence-electron chi connectivity index (χ2n) is 16.0. The van der Waals surface area contributed by atoms with Crippen molar-refractivity contribution < 1.29 is 0 Å². The van der Waals surface area contributed by atoms with E-state index in [0.717, 1.165) is 5.69 Å². The van der Waals surface area contributed by atoms with Crippen LogP contribution in [0.25, 0.3) is 120 Å². The van der Waals surface area contributed by atoms with Crippen LogP contribution in [0.3, 0.4) is 0 Å². The third-order valence-electron chi connectivity index (χ3n) is 12.9. The van der Waals surface area contributed by atoms with Gasteiger partial charge in [-0.2, -0.15) is 0 Å². The van der Waals surface area contributed by atoms with Crippen molar-refractivity contribution in [1.82, 2.24) is 9.13 Å². The van der Waals surface area contributed by atoms with Gasteiger partial charge in [0.05, 0.1) is 22.1 Å². The van der Waals surface area contributed by atoms with Gasteiger partial charge in [-0.05, 0) is 120 Å². The van der Waals surface area contributed by atoms with Crippen LogP contribution < -0.4 is 0 Å². The van der Waals surface area contributed by atoms with E-state index >= 15 is 0 Å². The van der Waals surface area contributed by atoms with Crippen molar-refractivity contribution in [3.63, 3.8) is 0 Å². The number of hydrogen-bond donors (Lipinski definition) is 0. The molecule has 2 heteroatoms. The SMILES string of the molecule is c1ccc(-n2c3ccccc3c3ccc(-c4ccc5c6ccccc6n(-c6ccc(-c7cc8c9ccccc9c9ccccc9c8c8ccccc78)cc6)c5c4)cc32)cc1. The van der Waals surface area contributed by atoms with Crippen molar-refractivity contribution in [2.45, 2.75) is 0 Å². The lowest BCUT2D eigenvalue weighted by Crippen LogP contribution is -1.95. The van der Waals surface area contributed by atoms with Crippen molar-refractivity contribution in [3.05, 3.63) is 218 Å². The molecule has 13 rings (SSSR count). The number of fused-ring (bicyclic) bond motifs is 14. The van der Waals surface area contributed by atoms with Crippen molar-refractivity contribution in [2.24, 2.45) is 0 Å². The lowest BCUT2D eigenvalue weighted by atomic mass is 9.87. The average Bonchev–Trinajstić information content (AvgIpc) is 3.84. The number of aromatic nitrogens is 2. The van der Waals surface area contributed by atoms with Gasteiger partial charge in [0.25, 0.3) is 0 Å². The molecule has 278 valence electrons. The van der Waals surface area contributed by atoms with E-state index in [9.17, 15) is 0 Å². The van der Waals surface area contributed by atoms with Crippen LogP contribution in [0.15, 0.2) is 218 Å². The minimum Gasteiger partial charge on any atom is -0.309 e. The van der Waals surface area contributed by atoms with E-state index in [4.69, 9.17) is 0 Å². The van der Waals surface area contributed by atoms with Crippen LogP contribution >= 0.6 is 0 Å². The Morgan fingerprint density at radius 3 is 1.17 bits per heavy atom. The molecule has 0 saturated carbocycles. The third-order valence-corrected chi connectivity index (χ3v) is 12.9. The molecular formula is C58H36N2. The van der Waals surface area contributed by atoms with Gasteiger partial charge in [0, 0.05) is 32.9 Å². The summed E-state index contributed by atoms with van der Waals surface area (Å²) in [6.45, 7) is 0. The Balaban J connectivity index is 0.986. The number of nitrogens with zero attached hydrogens (tertiary/aromatic N) is 2. The molecule has 2 aromatic heterocycles. The first-order valence-corrected chi connectivity index (χ1v) is 20.8. The highest BCUT2D eigenvalue weighted by atomic mass is 15.0. The normalized spacial score (nSPS) is 12.0. The molecule has 11 aromatic carbocycles. The van der Waals surface area contributed by atoms with E-state index in [1.54, 1.807) is 0 Å². The van der Waals surface area contributed by atoms with E-state index in [-0.39, 0.29) is 0 Å². The van der Waals surface area contributed by atoms with Gasteiger partial charge in [-0.1, -0.05) is 164 Å². The Labute approximate surface area is 346 Å². The summed E-state index contributed by atoms with van der Waals surface area (Å²) in [5.74, 6) is 0. The molecule has 2 nitrogen and oxygen atoms in total. The molecule has 0 N–H and O–H groups in total. The molecule has 0 atom stereocenters. The molecule has 0 aliphatic rings. The highest BCUT2D eigenvalue weighted by Crippen LogP contribution is 2.44. The van der Waals surface area contributed by atoms with Crippen molar-refractivity contribution in [3.8, 4) is 33.6 Å². The van der Waals surface area contributed by atoms with Crippen LogP contribution in [0.1, 0.15) is 0 Å². The van der Waals surface area contributed by atoms with E-state index in [1.807, 2.05) is 0 Å². The van der Waals surface area contributed by atoms with Gasteiger partial charge in [-0.25, -0.2) is 0 Å². The monoisotopic (exact) mass is 760 g/mol. The molecule has 2 heterocycles.